The second-order valence-corrected chi connectivity index (χ2v) is 11.8. The third kappa shape index (κ3) is 4.58. The zero-order chi connectivity index (χ0) is 30.5. The van der Waals surface area contributed by atoms with Crippen molar-refractivity contribution in [3.8, 4) is 44.8 Å². The van der Waals surface area contributed by atoms with Gasteiger partial charge in [-0.05, 0) is 97.0 Å². The van der Waals surface area contributed by atoms with E-state index in [4.69, 9.17) is 4.98 Å². The first-order valence-corrected chi connectivity index (χ1v) is 15.5. The molecule has 0 spiro atoms. The summed E-state index contributed by atoms with van der Waals surface area (Å²) in [5, 5.41) is 9.55. The van der Waals surface area contributed by atoms with Crippen molar-refractivity contribution in [3.63, 3.8) is 0 Å². The van der Waals surface area contributed by atoms with Gasteiger partial charge in [-0.3, -0.25) is 9.97 Å². The van der Waals surface area contributed by atoms with Gasteiger partial charge in [0.25, 0.3) is 0 Å². The minimum Gasteiger partial charge on any atom is -0.264 e. The molecule has 6 aromatic carbocycles. The van der Waals surface area contributed by atoms with Gasteiger partial charge in [-0.25, -0.2) is 4.98 Å². The van der Waals surface area contributed by atoms with Crippen molar-refractivity contribution in [2.24, 2.45) is 0 Å². The molecule has 0 amide bonds. The van der Waals surface area contributed by atoms with Gasteiger partial charge in [0, 0.05) is 46.7 Å². The molecule has 0 N–H and O–H groups in total. The number of fused-ring (bicyclic) bond motifs is 4. The maximum Gasteiger partial charge on any atom is 0.0715 e. The summed E-state index contributed by atoms with van der Waals surface area (Å²) in [6.07, 6.45) is 7.48. The van der Waals surface area contributed by atoms with Crippen molar-refractivity contribution in [1.29, 1.82) is 0 Å². The third-order valence-corrected chi connectivity index (χ3v) is 8.98. The molecule has 46 heavy (non-hydrogen) atoms. The van der Waals surface area contributed by atoms with Crippen LogP contribution < -0.4 is 0 Å². The van der Waals surface area contributed by atoms with Crippen LogP contribution in [0.25, 0.3) is 87.9 Å². The van der Waals surface area contributed by atoms with Crippen LogP contribution in [-0.2, 0) is 0 Å². The molecule has 3 heteroatoms. The monoisotopic (exact) mass is 585 g/mol. The van der Waals surface area contributed by atoms with Crippen LogP contribution in [0.1, 0.15) is 0 Å². The molecular formula is C43H27N3. The first kappa shape index (κ1) is 26.2. The lowest BCUT2D eigenvalue weighted by Gasteiger charge is -2.14. The fraction of sp³-hybridized carbons (Fsp3) is 0. The lowest BCUT2D eigenvalue weighted by molar-refractivity contribution is 1.32. The van der Waals surface area contributed by atoms with Crippen LogP contribution in [0.5, 0.6) is 0 Å². The number of benzene rings is 6. The lowest BCUT2D eigenvalue weighted by Crippen LogP contribution is -1.92. The molecule has 0 saturated carbocycles. The third-order valence-electron chi connectivity index (χ3n) is 8.98. The maximum atomic E-state index is 5.22. The summed E-state index contributed by atoms with van der Waals surface area (Å²) in [7, 11) is 0. The van der Waals surface area contributed by atoms with Gasteiger partial charge in [-0.15, -0.1) is 0 Å². The Morgan fingerprint density at radius 1 is 0.326 bits per heavy atom. The molecule has 0 aliphatic rings. The quantitative estimate of drug-likeness (QED) is 0.193. The SMILES string of the molecule is c1ccc2c(-c3ccc(-c4cc(-c5ccc6cnccc6c5)nc(-c5ccc6cnccc6c5)c4)cc3)c3ccccc3cc2c1. The van der Waals surface area contributed by atoms with Gasteiger partial charge in [0.05, 0.1) is 11.4 Å². The number of hydrogen-bond acceptors (Lipinski definition) is 3. The molecule has 3 aromatic heterocycles. The first-order chi connectivity index (χ1) is 22.8. The maximum absolute atomic E-state index is 5.22. The second-order valence-electron chi connectivity index (χ2n) is 11.8. The van der Waals surface area contributed by atoms with Gasteiger partial charge in [0.1, 0.15) is 0 Å². The van der Waals surface area contributed by atoms with Crippen LogP contribution in [-0.4, -0.2) is 15.0 Å². The van der Waals surface area contributed by atoms with Crippen molar-refractivity contribution < 1.29 is 0 Å². The van der Waals surface area contributed by atoms with Crippen LogP contribution in [0.4, 0.5) is 0 Å². The molecule has 3 heterocycles. The van der Waals surface area contributed by atoms with Gasteiger partial charge in [-0.1, -0.05) is 97.1 Å². The van der Waals surface area contributed by atoms with Crippen molar-refractivity contribution in [3.05, 3.63) is 164 Å². The summed E-state index contributed by atoms with van der Waals surface area (Å²) < 4.78 is 0. The number of pyridine rings is 3. The Hall–Kier alpha value is -6.19. The average Bonchev–Trinajstić information content (AvgIpc) is 3.13. The Kier molecular flexibility index (Phi) is 6.14. The molecule has 214 valence electrons. The van der Waals surface area contributed by atoms with E-state index in [9.17, 15) is 0 Å². The number of hydrogen-bond donors (Lipinski definition) is 0. The van der Waals surface area contributed by atoms with Gasteiger partial charge in [0.2, 0.25) is 0 Å². The Morgan fingerprint density at radius 2 is 0.826 bits per heavy atom. The van der Waals surface area contributed by atoms with E-state index in [1.165, 1.54) is 32.7 Å². The Balaban J connectivity index is 1.21. The molecule has 3 nitrogen and oxygen atoms in total. The van der Waals surface area contributed by atoms with Crippen molar-refractivity contribution in [2.45, 2.75) is 0 Å². The molecule has 0 fully saturated rings. The van der Waals surface area contributed by atoms with E-state index in [0.717, 1.165) is 55.2 Å². The van der Waals surface area contributed by atoms with E-state index in [0.29, 0.717) is 0 Å². The summed E-state index contributed by atoms with van der Waals surface area (Å²) >= 11 is 0. The zero-order valence-corrected chi connectivity index (χ0v) is 24.9. The Labute approximate surface area is 266 Å². The van der Waals surface area contributed by atoms with Crippen LogP contribution in [0.15, 0.2) is 164 Å². The molecule has 9 aromatic rings. The highest BCUT2D eigenvalue weighted by Crippen LogP contribution is 2.38. The highest BCUT2D eigenvalue weighted by Gasteiger charge is 2.13. The summed E-state index contributed by atoms with van der Waals surface area (Å²) in [4.78, 5) is 13.8. The molecule has 0 unspecified atom stereocenters. The molecule has 9 rings (SSSR count). The fourth-order valence-corrected chi connectivity index (χ4v) is 6.63. The predicted octanol–water partition coefficient (Wildman–Crippen LogP) is 11.2. The van der Waals surface area contributed by atoms with E-state index in [1.54, 1.807) is 0 Å². The zero-order valence-electron chi connectivity index (χ0n) is 24.9. The van der Waals surface area contributed by atoms with E-state index < -0.39 is 0 Å². The lowest BCUT2D eigenvalue weighted by atomic mass is 9.91. The van der Waals surface area contributed by atoms with E-state index in [-0.39, 0.29) is 0 Å². The molecule has 0 aliphatic carbocycles. The second kappa shape index (κ2) is 10.8. The van der Waals surface area contributed by atoms with E-state index in [1.807, 2.05) is 24.8 Å². The van der Waals surface area contributed by atoms with Crippen molar-refractivity contribution >= 4 is 43.1 Å². The highest BCUT2D eigenvalue weighted by molar-refractivity contribution is 6.12. The Bertz CT molecular complexity index is 2430. The van der Waals surface area contributed by atoms with Crippen LogP contribution in [0.2, 0.25) is 0 Å². The van der Waals surface area contributed by atoms with E-state index >= 15 is 0 Å². The van der Waals surface area contributed by atoms with Gasteiger partial charge in [0.15, 0.2) is 0 Å². The smallest absolute Gasteiger partial charge is 0.0715 e. The average molecular weight is 586 g/mol. The van der Waals surface area contributed by atoms with Gasteiger partial charge >= 0.3 is 0 Å². The molecule has 0 radical (unpaired) electrons. The summed E-state index contributed by atoms with van der Waals surface area (Å²) in [6.45, 7) is 0. The van der Waals surface area contributed by atoms with Gasteiger partial charge < -0.3 is 0 Å². The number of nitrogens with zero attached hydrogens (tertiary/aromatic N) is 3. The van der Waals surface area contributed by atoms with Crippen molar-refractivity contribution in [2.75, 3.05) is 0 Å². The number of aromatic nitrogens is 3. The fourth-order valence-electron chi connectivity index (χ4n) is 6.63. The molecule has 0 atom stereocenters. The molecule has 0 saturated heterocycles. The normalized spacial score (nSPS) is 11.5. The summed E-state index contributed by atoms with van der Waals surface area (Å²) in [6, 6.07) is 50.1. The van der Waals surface area contributed by atoms with Crippen molar-refractivity contribution in [1.82, 2.24) is 15.0 Å². The van der Waals surface area contributed by atoms with Crippen LogP contribution >= 0.6 is 0 Å². The largest absolute Gasteiger partial charge is 0.264 e. The summed E-state index contributed by atoms with van der Waals surface area (Å²) in [5.41, 5.74) is 8.77. The number of rotatable bonds is 4. The summed E-state index contributed by atoms with van der Waals surface area (Å²) in [5.74, 6) is 0. The van der Waals surface area contributed by atoms with Crippen LogP contribution in [0, 0.1) is 0 Å². The molecule has 0 aliphatic heterocycles. The predicted molar refractivity (Wildman–Crippen MR) is 192 cm³/mol. The Morgan fingerprint density at radius 3 is 1.39 bits per heavy atom. The topological polar surface area (TPSA) is 38.7 Å². The molecule has 0 bridgehead atoms. The first-order valence-electron chi connectivity index (χ1n) is 15.5. The van der Waals surface area contributed by atoms with Gasteiger partial charge in [-0.2, -0.15) is 0 Å². The molecular weight excluding hydrogens is 558 g/mol. The minimum atomic E-state index is 0.935. The minimum absolute atomic E-state index is 0.935. The standard InChI is InChI=1S/C43H27N3/c1-3-7-39-32(5-1)23-33-6-2-4-8-40(33)43(39)29-11-9-28(10-12-29)38-24-41(34-13-15-36-26-44-19-17-30(36)21-34)46-42(25-38)35-14-16-37-27-45-20-18-31(37)22-35/h1-27H. The van der Waals surface area contributed by atoms with Crippen LogP contribution in [0.3, 0.4) is 0 Å². The highest BCUT2D eigenvalue weighted by atomic mass is 14.7. The van der Waals surface area contributed by atoms with E-state index in [2.05, 4.69) is 149 Å².